The maximum atomic E-state index is 4.72. The molecule has 2 heteroatoms. The summed E-state index contributed by atoms with van der Waals surface area (Å²) in [7, 11) is 0. The third-order valence-corrected chi connectivity index (χ3v) is 5.63. The Kier molecular flexibility index (Phi) is 3.50. The van der Waals surface area contributed by atoms with Gasteiger partial charge in [0.25, 0.3) is 0 Å². The van der Waals surface area contributed by atoms with Gasteiger partial charge in [-0.25, -0.2) is 0 Å². The van der Waals surface area contributed by atoms with Crippen LogP contribution in [0.4, 0.5) is 0 Å². The summed E-state index contributed by atoms with van der Waals surface area (Å²) < 4.78 is 2.34. The van der Waals surface area contributed by atoms with Crippen molar-refractivity contribution in [2.24, 2.45) is 0 Å². The zero-order valence-corrected chi connectivity index (χ0v) is 15.8. The molecule has 2 aromatic heterocycles. The van der Waals surface area contributed by atoms with Crippen LogP contribution in [-0.2, 0) is 0 Å². The summed E-state index contributed by atoms with van der Waals surface area (Å²) in [5, 5.41) is 4.90. The van der Waals surface area contributed by atoms with Crippen molar-refractivity contribution in [3.63, 3.8) is 0 Å². The number of fused-ring (bicyclic) bond motifs is 4. The molecule has 0 N–H and O–H groups in total. The molecule has 0 atom stereocenters. The van der Waals surface area contributed by atoms with Crippen molar-refractivity contribution in [3.05, 3.63) is 109 Å². The minimum atomic E-state index is 1.03. The van der Waals surface area contributed by atoms with E-state index in [1.165, 1.54) is 38.3 Å². The Morgan fingerprint density at radius 3 is 2.17 bits per heavy atom. The zero-order chi connectivity index (χ0) is 19.2. The molecule has 6 aromatic rings. The van der Waals surface area contributed by atoms with Crippen LogP contribution in [0.2, 0.25) is 0 Å². The topological polar surface area (TPSA) is 17.8 Å². The van der Waals surface area contributed by atoms with Gasteiger partial charge in [0.2, 0.25) is 0 Å². The van der Waals surface area contributed by atoms with Gasteiger partial charge < -0.3 is 4.57 Å². The lowest BCUT2D eigenvalue weighted by atomic mass is 10.0. The summed E-state index contributed by atoms with van der Waals surface area (Å²) in [6.45, 7) is 0. The minimum absolute atomic E-state index is 1.03. The Hall–Kier alpha value is -3.91. The van der Waals surface area contributed by atoms with E-state index in [1.54, 1.807) is 0 Å². The quantitative estimate of drug-likeness (QED) is 0.321. The van der Waals surface area contributed by atoms with E-state index in [0.29, 0.717) is 0 Å². The van der Waals surface area contributed by atoms with Crippen LogP contribution in [0, 0.1) is 0 Å². The highest BCUT2D eigenvalue weighted by Gasteiger charge is 2.14. The fraction of sp³-hybridized carbons (Fsp3) is 0. The molecule has 2 heterocycles. The van der Waals surface area contributed by atoms with Crippen LogP contribution in [0.25, 0.3) is 49.5 Å². The predicted octanol–water partition coefficient (Wildman–Crippen LogP) is 7.00. The molecular formula is C27H18N2. The van der Waals surface area contributed by atoms with E-state index in [1.807, 2.05) is 6.20 Å². The summed E-state index contributed by atoms with van der Waals surface area (Å²) in [6.07, 6.45) is 1.90. The molecule has 0 amide bonds. The second-order valence-electron chi connectivity index (χ2n) is 7.30. The average Bonchev–Trinajstić information content (AvgIpc) is 3.13. The van der Waals surface area contributed by atoms with E-state index in [2.05, 4.69) is 108 Å². The molecule has 29 heavy (non-hydrogen) atoms. The van der Waals surface area contributed by atoms with Gasteiger partial charge in [0.15, 0.2) is 0 Å². The molecule has 4 aromatic carbocycles. The first kappa shape index (κ1) is 16.1. The Morgan fingerprint density at radius 1 is 0.552 bits per heavy atom. The van der Waals surface area contributed by atoms with Crippen LogP contribution < -0.4 is 0 Å². The van der Waals surface area contributed by atoms with Crippen molar-refractivity contribution in [1.29, 1.82) is 0 Å². The Balaban J connectivity index is 1.68. The van der Waals surface area contributed by atoms with Gasteiger partial charge in [0.1, 0.15) is 0 Å². The van der Waals surface area contributed by atoms with Crippen LogP contribution in [0.3, 0.4) is 0 Å². The molecule has 6 rings (SSSR count). The SMILES string of the molecule is c1ccc(-n2c3ccccc3c3cc(-c4nccc5ccccc45)ccc32)cc1. The van der Waals surface area contributed by atoms with E-state index in [-0.39, 0.29) is 0 Å². The highest BCUT2D eigenvalue weighted by molar-refractivity contribution is 6.11. The summed E-state index contributed by atoms with van der Waals surface area (Å²) in [6, 6.07) is 36.4. The molecule has 0 bridgehead atoms. The molecule has 0 aliphatic heterocycles. The fourth-order valence-corrected chi connectivity index (χ4v) is 4.33. The smallest absolute Gasteiger partial charge is 0.0780 e. The van der Waals surface area contributed by atoms with Gasteiger partial charge in [-0.15, -0.1) is 0 Å². The maximum absolute atomic E-state index is 4.72. The lowest BCUT2D eigenvalue weighted by Gasteiger charge is -2.09. The van der Waals surface area contributed by atoms with Crippen LogP contribution in [0.1, 0.15) is 0 Å². The Labute approximate surface area is 168 Å². The molecular weight excluding hydrogens is 352 g/mol. The Morgan fingerprint density at radius 2 is 1.28 bits per heavy atom. The van der Waals surface area contributed by atoms with Crippen molar-refractivity contribution in [3.8, 4) is 16.9 Å². The Bertz CT molecular complexity index is 1490. The third kappa shape index (κ3) is 2.46. The van der Waals surface area contributed by atoms with E-state index < -0.39 is 0 Å². The van der Waals surface area contributed by atoms with Gasteiger partial charge in [0.05, 0.1) is 16.7 Å². The highest BCUT2D eigenvalue weighted by atomic mass is 15.0. The van der Waals surface area contributed by atoms with E-state index in [4.69, 9.17) is 4.98 Å². The molecule has 0 radical (unpaired) electrons. The number of rotatable bonds is 2. The zero-order valence-electron chi connectivity index (χ0n) is 15.8. The number of para-hydroxylation sites is 2. The lowest BCUT2D eigenvalue weighted by Crippen LogP contribution is -1.93. The molecule has 0 saturated carbocycles. The van der Waals surface area contributed by atoms with Crippen LogP contribution in [0.15, 0.2) is 109 Å². The van der Waals surface area contributed by atoms with Gasteiger partial charge in [-0.3, -0.25) is 4.98 Å². The van der Waals surface area contributed by atoms with Crippen LogP contribution in [-0.4, -0.2) is 9.55 Å². The molecule has 0 fully saturated rings. The lowest BCUT2D eigenvalue weighted by molar-refractivity contribution is 1.18. The van der Waals surface area contributed by atoms with Crippen molar-refractivity contribution in [2.75, 3.05) is 0 Å². The predicted molar refractivity (Wildman–Crippen MR) is 122 cm³/mol. The standard InChI is InChI=1S/C27H18N2/c1-2-9-21(10-3-1)29-25-13-7-6-12-23(25)24-18-20(14-15-26(24)29)27-22-11-5-4-8-19(22)16-17-28-27/h1-18H. The molecule has 0 saturated heterocycles. The molecule has 0 unspecified atom stereocenters. The van der Waals surface area contributed by atoms with Crippen molar-refractivity contribution in [1.82, 2.24) is 9.55 Å². The van der Waals surface area contributed by atoms with Gasteiger partial charge >= 0.3 is 0 Å². The van der Waals surface area contributed by atoms with Crippen molar-refractivity contribution in [2.45, 2.75) is 0 Å². The van der Waals surface area contributed by atoms with E-state index in [0.717, 1.165) is 11.3 Å². The number of pyridine rings is 1. The summed E-state index contributed by atoms with van der Waals surface area (Å²) in [5.41, 5.74) is 5.78. The van der Waals surface area contributed by atoms with Crippen molar-refractivity contribution < 1.29 is 0 Å². The first-order valence-electron chi connectivity index (χ1n) is 9.83. The largest absolute Gasteiger partial charge is 0.309 e. The molecule has 2 nitrogen and oxygen atoms in total. The minimum Gasteiger partial charge on any atom is -0.309 e. The van der Waals surface area contributed by atoms with Gasteiger partial charge in [-0.05, 0) is 41.8 Å². The van der Waals surface area contributed by atoms with Crippen molar-refractivity contribution >= 4 is 32.6 Å². The summed E-state index contributed by atoms with van der Waals surface area (Å²) in [4.78, 5) is 4.72. The third-order valence-electron chi connectivity index (χ3n) is 5.63. The fourth-order valence-electron chi connectivity index (χ4n) is 4.33. The van der Waals surface area contributed by atoms with E-state index >= 15 is 0 Å². The first-order chi connectivity index (χ1) is 14.4. The molecule has 0 aliphatic rings. The first-order valence-corrected chi connectivity index (χ1v) is 9.83. The van der Waals surface area contributed by atoms with Gasteiger partial charge in [-0.1, -0.05) is 66.7 Å². The van der Waals surface area contributed by atoms with Gasteiger partial charge in [0, 0.05) is 33.6 Å². The number of benzene rings is 4. The van der Waals surface area contributed by atoms with E-state index in [9.17, 15) is 0 Å². The number of nitrogens with zero attached hydrogens (tertiary/aromatic N) is 2. The second-order valence-corrected chi connectivity index (χ2v) is 7.30. The average molecular weight is 370 g/mol. The maximum Gasteiger partial charge on any atom is 0.0780 e. The molecule has 0 aliphatic carbocycles. The summed E-state index contributed by atoms with van der Waals surface area (Å²) in [5.74, 6) is 0. The molecule has 0 spiro atoms. The highest BCUT2D eigenvalue weighted by Crippen LogP contribution is 2.35. The summed E-state index contributed by atoms with van der Waals surface area (Å²) >= 11 is 0. The number of aromatic nitrogens is 2. The monoisotopic (exact) mass is 370 g/mol. The number of hydrogen-bond donors (Lipinski definition) is 0. The molecule has 136 valence electrons. The van der Waals surface area contributed by atoms with Gasteiger partial charge in [-0.2, -0.15) is 0 Å². The normalized spacial score (nSPS) is 11.4. The number of hydrogen-bond acceptors (Lipinski definition) is 1. The van der Waals surface area contributed by atoms with Crippen LogP contribution in [0.5, 0.6) is 0 Å². The second kappa shape index (κ2) is 6.32. The van der Waals surface area contributed by atoms with Crippen LogP contribution >= 0.6 is 0 Å².